The molecule has 1 saturated heterocycles. The molecule has 0 aliphatic carbocycles. The number of ether oxygens (including phenoxy) is 1. The Morgan fingerprint density at radius 1 is 1.17 bits per heavy atom. The fraction of sp³-hybridized carbons (Fsp3) is 0.417. The molecule has 0 bridgehead atoms. The number of nitrogens with one attached hydrogen (secondary N) is 1. The van der Waals surface area contributed by atoms with Gasteiger partial charge in [-0.3, -0.25) is 4.57 Å². The molecule has 23 heavy (non-hydrogen) atoms. The van der Waals surface area contributed by atoms with Crippen molar-refractivity contribution in [3.8, 4) is 0 Å². The van der Waals surface area contributed by atoms with E-state index in [-0.39, 0.29) is 5.56 Å². The van der Waals surface area contributed by atoms with E-state index in [0.29, 0.717) is 5.56 Å². The molecule has 1 N–H and O–H groups in total. The van der Waals surface area contributed by atoms with Crippen LogP contribution in [0.25, 0.3) is 0 Å². The summed E-state index contributed by atoms with van der Waals surface area (Å²) in [6.07, 6.45) is 0. The second-order valence-corrected chi connectivity index (χ2v) is 8.21. The van der Waals surface area contributed by atoms with E-state index in [9.17, 15) is 17.8 Å². The second-order valence-electron chi connectivity index (χ2n) is 4.56. The minimum Gasteiger partial charge on any atom is -0.465 e. The normalized spacial score (nSPS) is 23.6. The fourth-order valence-electron chi connectivity index (χ4n) is 2.12. The third-order valence-electron chi connectivity index (χ3n) is 3.29. The number of hydrogen-bond donors (Lipinski definition) is 1. The van der Waals surface area contributed by atoms with E-state index in [1.165, 1.54) is 31.4 Å². The van der Waals surface area contributed by atoms with Gasteiger partial charge in [0.2, 0.25) is 0 Å². The van der Waals surface area contributed by atoms with Gasteiger partial charge in [-0.1, -0.05) is 12.1 Å². The van der Waals surface area contributed by atoms with Crippen molar-refractivity contribution in [2.24, 2.45) is 0 Å². The zero-order valence-corrected chi connectivity index (χ0v) is 14.3. The molecule has 0 saturated carbocycles. The van der Waals surface area contributed by atoms with E-state index in [4.69, 9.17) is 13.2 Å². The van der Waals surface area contributed by atoms with Gasteiger partial charge in [0.05, 0.1) is 18.7 Å². The Balaban J connectivity index is 2.39. The molecular weight excluding hydrogens is 349 g/mol. The number of carbonyl (C=O) groups is 1. The lowest BCUT2D eigenvalue weighted by molar-refractivity contribution is 0.0600. The SMILES string of the molecule is COC(=O)c1ccc([C@@H]2NS(=O)(=O)O[C@@H]2P(=O)(OC)OC)cc1. The molecule has 1 aliphatic heterocycles. The van der Waals surface area contributed by atoms with Crippen molar-refractivity contribution in [3.63, 3.8) is 0 Å². The molecule has 1 aromatic carbocycles. The highest BCUT2D eigenvalue weighted by molar-refractivity contribution is 7.85. The van der Waals surface area contributed by atoms with Crippen molar-refractivity contribution < 1.29 is 35.7 Å². The van der Waals surface area contributed by atoms with Crippen LogP contribution in [0, 0.1) is 0 Å². The molecule has 1 aromatic rings. The monoisotopic (exact) mass is 365 g/mol. The largest absolute Gasteiger partial charge is 0.465 e. The summed E-state index contributed by atoms with van der Waals surface area (Å²) in [6.45, 7) is 0. The van der Waals surface area contributed by atoms with Crippen molar-refractivity contribution >= 4 is 23.9 Å². The van der Waals surface area contributed by atoms with E-state index in [1.54, 1.807) is 0 Å². The molecular formula is C12H16NO8PS. The van der Waals surface area contributed by atoms with Crippen molar-refractivity contribution in [1.29, 1.82) is 0 Å². The number of rotatable bonds is 5. The molecule has 128 valence electrons. The number of hydrogen-bond acceptors (Lipinski definition) is 8. The number of methoxy groups -OCH3 is 1. The summed E-state index contributed by atoms with van der Waals surface area (Å²) < 4.78 is 57.2. The molecule has 2 atom stereocenters. The van der Waals surface area contributed by atoms with Crippen LogP contribution < -0.4 is 4.72 Å². The van der Waals surface area contributed by atoms with Crippen molar-refractivity contribution in [1.82, 2.24) is 4.72 Å². The fourth-order valence-corrected chi connectivity index (χ4v) is 5.16. The van der Waals surface area contributed by atoms with Crippen molar-refractivity contribution in [2.75, 3.05) is 21.3 Å². The van der Waals surface area contributed by atoms with Gasteiger partial charge in [0, 0.05) is 14.2 Å². The van der Waals surface area contributed by atoms with E-state index in [2.05, 4.69) is 9.46 Å². The van der Waals surface area contributed by atoms with Crippen LogP contribution in [-0.4, -0.2) is 41.6 Å². The lowest BCUT2D eigenvalue weighted by Crippen LogP contribution is -2.24. The zero-order chi connectivity index (χ0) is 17.3. The molecule has 0 radical (unpaired) electrons. The first kappa shape index (κ1) is 18.1. The predicted octanol–water partition coefficient (Wildman–Crippen LogP) is 1.19. The number of esters is 1. The van der Waals surface area contributed by atoms with Gasteiger partial charge in [0.15, 0.2) is 5.85 Å². The van der Waals surface area contributed by atoms with Crippen LogP contribution in [0.1, 0.15) is 22.0 Å². The Morgan fingerprint density at radius 2 is 1.74 bits per heavy atom. The third-order valence-corrected chi connectivity index (χ3v) is 6.48. The molecule has 0 spiro atoms. The molecule has 2 rings (SSSR count). The van der Waals surface area contributed by atoms with Crippen molar-refractivity contribution in [3.05, 3.63) is 35.4 Å². The van der Waals surface area contributed by atoms with Crippen LogP contribution in [0.4, 0.5) is 0 Å². The minimum atomic E-state index is -4.10. The highest BCUT2D eigenvalue weighted by Crippen LogP contribution is 2.58. The number of carbonyl (C=O) groups excluding carboxylic acids is 1. The van der Waals surface area contributed by atoms with Gasteiger partial charge in [-0.25, -0.2) is 8.98 Å². The van der Waals surface area contributed by atoms with E-state index in [0.717, 1.165) is 14.2 Å². The average Bonchev–Trinajstić information content (AvgIpc) is 2.89. The number of benzene rings is 1. The Bertz CT molecular complexity index is 724. The average molecular weight is 365 g/mol. The van der Waals surface area contributed by atoms with Crippen LogP contribution in [-0.2, 0) is 32.8 Å². The first-order valence-corrected chi connectivity index (χ1v) is 9.38. The summed E-state index contributed by atoms with van der Waals surface area (Å²) in [5.74, 6) is -1.91. The van der Waals surface area contributed by atoms with Gasteiger partial charge < -0.3 is 13.8 Å². The smallest absolute Gasteiger partial charge is 0.362 e. The van der Waals surface area contributed by atoms with Gasteiger partial charge >= 0.3 is 23.9 Å². The highest BCUT2D eigenvalue weighted by atomic mass is 32.2. The highest BCUT2D eigenvalue weighted by Gasteiger charge is 2.51. The Kier molecular flexibility index (Phi) is 5.24. The second kappa shape index (κ2) is 6.68. The molecule has 0 amide bonds. The summed E-state index contributed by atoms with van der Waals surface area (Å²) in [7, 11) is -4.41. The lowest BCUT2D eigenvalue weighted by Gasteiger charge is -2.22. The summed E-state index contributed by atoms with van der Waals surface area (Å²) in [5, 5.41) is 0. The Morgan fingerprint density at radius 3 is 2.22 bits per heavy atom. The molecule has 9 nitrogen and oxygen atoms in total. The van der Waals surface area contributed by atoms with Crippen LogP contribution in [0.3, 0.4) is 0 Å². The first-order valence-electron chi connectivity index (χ1n) is 6.36. The molecule has 1 heterocycles. The maximum Gasteiger partial charge on any atom is 0.362 e. The maximum absolute atomic E-state index is 12.5. The standard InChI is InChI=1S/C12H16NO8PS/c1-18-11(14)9-6-4-8(5-7-9)10-12(21-23(16,17)13-10)22(15,19-2)20-3/h4-7,10,12-13H,1-3H3/t10-,12+/m0/s1. The Labute approximate surface area is 133 Å². The van der Waals surface area contributed by atoms with Crippen molar-refractivity contribution in [2.45, 2.75) is 11.9 Å². The van der Waals surface area contributed by atoms with Crippen LogP contribution in [0.5, 0.6) is 0 Å². The third kappa shape index (κ3) is 3.63. The summed E-state index contributed by atoms with van der Waals surface area (Å²) in [5.41, 5.74) is 0.717. The lowest BCUT2D eigenvalue weighted by atomic mass is 10.1. The van der Waals surface area contributed by atoms with E-state index >= 15 is 0 Å². The molecule has 1 fully saturated rings. The van der Waals surface area contributed by atoms with Gasteiger partial charge in [0.1, 0.15) is 0 Å². The van der Waals surface area contributed by atoms with Gasteiger partial charge in [-0.05, 0) is 17.7 Å². The maximum atomic E-state index is 12.5. The van der Waals surface area contributed by atoms with Gasteiger partial charge in [0.25, 0.3) is 0 Å². The zero-order valence-electron chi connectivity index (χ0n) is 12.6. The molecule has 0 unspecified atom stereocenters. The summed E-state index contributed by atoms with van der Waals surface area (Å²) in [6, 6.07) is 4.91. The molecule has 0 aromatic heterocycles. The van der Waals surface area contributed by atoms with Crippen LogP contribution >= 0.6 is 7.60 Å². The first-order chi connectivity index (χ1) is 10.8. The summed E-state index contributed by atoms with van der Waals surface area (Å²) >= 11 is 0. The quantitative estimate of drug-likeness (QED) is 0.611. The van der Waals surface area contributed by atoms with Crippen LogP contribution in [0.15, 0.2) is 24.3 Å². The van der Waals surface area contributed by atoms with E-state index in [1.807, 2.05) is 0 Å². The molecule has 11 heteroatoms. The Hall–Kier alpha value is -1.29. The summed E-state index contributed by atoms with van der Waals surface area (Å²) in [4.78, 5) is 11.4. The van der Waals surface area contributed by atoms with Crippen LogP contribution in [0.2, 0.25) is 0 Å². The predicted molar refractivity (Wildman–Crippen MR) is 79.1 cm³/mol. The topological polar surface area (TPSA) is 117 Å². The van der Waals surface area contributed by atoms with Gasteiger partial charge in [-0.15, -0.1) is 0 Å². The molecule has 1 aliphatic rings. The van der Waals surface area contributed by atoms with E-state index < -0.39 is 35.8 Å². The van der Waals surface area contributed by atoms with Gasteiger partial charge in [-0.2, -0.15) is 13.1 Å². The minimum absolute atomic E-state index is 0.288.